The summed E-state index contributed by atoms with van der Waals surface area (Å²) in [5.74, 6) is 0.507. The van der Waals surface area contributed by atoms with Gasteiger partial charge in [0.25, 0.3) is 0 Å². The number of phenolic OH excluding ortho intramolecular Hbond substituents is 1. The molecule has 118 valence electrons. The fourth-order valence-electron chi connectivity index (χ4n) is 5.50. The second-order valence-corrected chi connectivity index (χ2v) is 7.13. The first-order chi connectivity index (χ1) is 11.2. The summed E-state index contributed by atoms with van der Waals surface area (Å²) in [4.78, 5) is 14.5. The van der Waals surface area contributed by atoms with Gasteiger partial charge in [-0.15, -0.1) is 0 Å². The average molecular weight is 308 g/mol. The van der Waals surface area contributed by atoms with Crippen molar-refractivity contribution in [1.82, 2.24) is 4.90 Å². The van der Waals surface area contributed by atoms with Crippen LogP contribution in [-0.2, 0) is 10.2 Å². The highest BCUT2D eigenvalue weighted by atomic mass is 16.3. The number of nitrogens with zero attached hydrogens (tertiary/aromatic N) is 1. The minimum atomic E-state index is -0.139. The molecule has 0 aromatic heterocycles. The van der Waals surface area contributed by atoms with Crippen LogP contribution < -0.4 is 5.32 Å². The molecule has 0 radical (unpaired) electrons. The van der Waals surface area contributed by atoms with Crippen LogP contribution >= 0.6 is 0 Å². The van der Waals surface area contributed by atoms with Crippen LogP contribution in [0.15, 0.2) is 41.1 Å². The molecule has 3 heterocycles. The summed E-state index contributed by atoms with van der Waals surface area (Å²) in [6.07, 6.45) is 5.24. The van der Waals surface area contributed by atoms with E-state index in [1.807, 2.05) is 6.07 Å². The van der Waals surface area contributed by atoms with Gasteiger partial charge in [0.15, 0.2) is 0 Å². The molecule has 2 bridgehead atoms. The van der Waals surface area contributed by atoms with E-state index < -0.39 is 0 Å². The van der Waals surface area contributed by atoms with Crippen LogP contribution in [0.1, 0.15) is 25.3 Å². The van der Waals surface area contributed by atoms with Gasteiger partial charge < -0.3 is 10.4 Å². The van der Waals surface area contributed by atoms with E-state index in [0.29, 0.717) is 6.04 Å². The third kappa shape index (κ3) is 1.39. The number of nitrogens with one attached hydrogen (secondary N) is 1. The van der Waals surface area contributed by atoms with Crippen molar-refractivity contribution >= 4 is 12.0 Å². The smallest absolute Gasteiger partial charge is 0.148 e. The van der Waals surface area contributed by atoms with Crippen molar-refractivity contribution in [2.75, 3.05) is 18.4 Å². The lowest BCUT2D eigenvalue weighted by Gasteiger charge is -2.48. The van der Waals surface area contributed by atoms with E-state index in [4.69, 9.17) is 0 Å². The van der Waals surface area contributed by atoms with Gasteiger partial charge in [-0.3, -0.25) is 9.69 Å². The van der Waals surface area contributed by atoms with Crippen molar-refractivity contribution in [2.24, 2.45) is 5.92 Å². The Bertz CT molecular complexity index is 795. The first kappa shape index (κ1) is 13.4. The second-order valence-electron chi connectivity index (χ2n) is 7.13. The van der Waals surface area contributed by atoms with Crippen molar-refractivity contribution in [3.05, 3.63) is 46.7 Å². The predicted molar refractivity (Wildman–Crippen MR) is 88.3 cm³/mol. The van der Waals surface area contributed by atoms with Gasteiger partial charge >= 0.3 is 0 Å². The number of allylic oxidation sites excluding steroid dienone is 2. The molecule has 3 aliphatic heterocycles. The molecule has 5 rings (SSSR count). The fraction of sp³-hybridized carbons (Fsp3) is 0.421. The number of benzene rings is 1. The number of phenols is 1. The summed E-state index contributed by atoms with van der Waals surface area (Å²) in [6.45, 7) is 4.08. The number of rotatable bonds is 1. The number of hydrogen-bond donors (Lipinski definition) is 2. The molecule has 2 saturated heterocycles. The lowest BCUT2D eigenvalue weighted by Crippen LogP contribution is -2.52. The molecule has 1 aromatic carbocycles. The Hall–Kier alpha value is -2.07. The number of hydrogen-bond acceptors (Lipinski definition) is 4. The van der Waals surface area contributed by atoms with E-state index in [9.17, 15) is 9.90 Å². The number of fused-ring (bicyclic) bond motifs is 2. The summed E-state index contributed by atoms with van der Waals surface area (Å²) in [6, 6.07) is 6.18. The standard InChI is InChI=1S/C19H20N2O2/c1-2-11-9-21-7-6-19-14-4-3-5-15(23)17(14)20-18(19)13(10-22)12(11)8-16(19)21/h2-5,10,12,16,20,23H,6-9H2,1H3/b11-2+/t12-,16-,19+/m0/s1. The molecule has 0 unspecified atom stereocenters. The zero-order chi connectivity index (χ0) is 15.8. The van der Waals surface area contributed by atoms with Crippen molar-refractivity contribution in [3.8, 4) is 5.75 Å². The van der Waals surface area contributed by atoms with Crippen LogP contribution in [0.5, 0.6) is 5.75 Å². The lowest BCUT2D eigenvalue weighted by molar-refractivity contribution is -0.105. The van der Waals surface area contributed by atoms with Gasteiger partial charge in [-0.05, 0) is 31.4 Å². The maximum atomic E-state index is 12.0. The van der Waals surface area contributed by atoms with Gasteiger partial charge in [0.05, 0.1) is 11.1 Å². The minimum absolute atomic E-state index is 0.139. The summed E-state index contributed by atoms with van der Waals surface area (Å²) in [5.41, 5.74) is 5.13. The van der Waals surface area contributed by atoms with Crippen molar-refractivity contribution in [3.63, 3.8) is 0 Å². The molecule has 4 aliphatic rings. The van der Waals surface area contributed by atoms with E-state index in [2.05, 4.69) is 29.3 Å². The van der Waals surface area contributed by atoms with Crippen molar-refractivity contribution in [1.29, 1.82) is 0 Å². The molecule has 4 nitrogen and oxygen atoms in total. The van der Waals surface area contributed by atoms with Crippen molar-refractivity contribution < 1.29 is 9.90 Å². The Morgan fingerprint density at radius 1 is 1.43 bits per heavy atom. The molecule has 2 N–H and O–H groups in total. The van der Waals surface area contributed by atoms with E-state index in [1.165, 1.54) is 11.1 Å². The molecule has 3 atom stereocenters. The molecule has 4 heteroatoms. The number of carbonyl (C=O) groups is 1. The van der Waals surface area contributed by atoms with E-state index >= 15 is 0 Å². The topological polar surface area (TPSA) is 52.6 Å². The molecule has 1 aliphatic carbocycles. The average Bonchev–Trinajstić information content (AvgIpc) is 3.12. The van der Waals surface area contributed by atoms with Crippen molar-refractivity contribution in [2.45, 2.75) is 31.2 Å². The summed E-state index contributed by atoms with van der Waals surface area (Å²) in [7, 11) is 0. The number of aldehydes is 1. The molecule has 1 spiro atoms. The molecule has 2 fully saturated rings. The third-order valence-electron chi connectivity index (χ3n) is 6.48. The lowest BCUT2D eigenvalue weighted by atomic mass is 9.62. The van der Waals surface area contributed by atoms with Gasteiger partial charge in [0.2, 0.25) is 0 Å². The highest BCUT2D eigenvalue weighted by Crippen LogP contribution is 2.61. The third-order valence-corrected chi connectivity index (χ3v) is 6.48. The zero-order valence-corrected chi connectivity index (χ0v) is 13.2. The van der Waals surface area contributed by atoms with E-state index in [0.717, 1.165) is 49.2 Å². The van der Waals surface area contributed by atoms with Gasteiger partial charge in [0, 0.05) is 36.3 Å². The summed E-state index contributed by atoms with van der Waals surface area (Å²) < 4.78 is 0. The van der Waals surface area contributed by atoms with Crippen LogP contribution in [0.2, 0.25) is 0 Å². The first-order valence-electron chi connectivity index (χ1n) is 8.39. The minimum Gasteiger partial charge on any atom is -0.506 e. The summed E-state index contributed by atoms with van der Waals surface area (Å²) in [5, 5.41) is 13.7. The Morgan fingerprint density at radius 3 is 3.09 bits per heavy atom. The first-order valence-corrected chi connectivity index (χ1v) is 8.39. The Balaban J connectivity index is 1.84. The van der Waals surface area contributed by atoms with Gasteiger partial charge in [-0.2, -0.15) is 0 Å². The highest BCUT2D eigenvalue weighted by Gasteiger charge is 2.61. The molecule has 1 aromatic rings. The number of piperidine rings is 1. The van der Waals surface area contributed by atoms with Crippen LogP contribution in [-0.4, -0.2) is 35.4 Å². The second kappa shape index (κ2) is 4.26. The maximum Gasteiger partial charge on any atom is 0.148 e. The normalized spacial score (nSPS) is 36.0. The van der Waals surface area contributed by atoms with Crippen LogP contribution in [0.3, 0.4) is 0 Å². The number of aromatic hydroxyl groups is 1. The quantitative estimate of drug-likeness (QED) is 0.476. The molecular formula is C19H20N2O2. The largest absolute Gasteiger partial charge is 0.506 e. The summed E-state index contributed by atoms with van der Waals surface area (Å²) >= 11 is 0. The van der Waals surface area contributed by atoms with Gasteiger partial charge in [-0.1, -0.05) is 23.8 Å². The number of carbonyl (C=O) groups excluding carboxylic acids is 1. The monoisotopic (exact) mass is 308 g/mol. The zero-order valence-electron chi connectivity index (χ0n) is 13.2. The van der Waals surface area contributed by atoms with Crippen LogP contribution in [0.25, 0.3) is 0 Å². The van der Waals surface area contributed by atoms with Gasteiger partial charge in [-0.25, -0.2) is 0 Å². The molecule has 23 heavy (non-hydrogen) atoms. The molecule has 0 amide bonds. The fourth-order valence-corrected chi connectivity index (χ4v) is 5.50. The molecular weight excluding hydrogens is 288 g/mol. The van der Waals surface area contributed by atoms with Gasteiger partial charge in [0.1, 0.15) is 12.0 Å². The Kier molecular flexibility index (Phi) is 2.48. The van der Waals surface area contributed by atoms with Crippen LogP contribution in [0.4, 0.5) is 5.69 Å². The SMILES string of the molecule is C/C=C1\CN2CC[C@]34C(=C(C=O)[C@H]1C[C@H]23)Nc1c(O)cccc14. The number of anilines is 1. The maximum absolute atomic E-state index is 12.0. The van der Waals surface area contributed by atoms with E-state index in [1.54, 1.807) is 6.07 Å². The Labute approximate surface area is 135 Å². The van der Waals surface area contributed by atoms with E-state index in [-0.39, 0.29) is 17.1 Å². The highest BCUT2D eigenvalue weighted by molar-refractivity contribution is 5.86. The Morgan fingerprint density at radius 2 is 2.30 bits per heavy atom. The predicted octanol–water partition coefficient (Wildman–Crippen LogP) is 2.56. The molecule has 0 saturated carbocycles. The van der Waals surface area contributed by atoms with Crippen LogP contribution in [0, 0.1) is 5.92 Å². The number of para-hydroxylation sites is 1.